The molecule has 3 nitrogen and oxygen atoms in total. The van der Waals surface area contributed by atoms with Gasteiger partial charge < -0.3 is 0 Å². The Hall–Kier alpha value is -0.860. The largest absolute Gasteiger partial charge is 0.314 e. The van der Waals surface area contributed by atoms with Crippen molar-refractivity contribution in [2.24, 2.45) is 11.0 Å². The summed E-state index contributed by atoms with van der Waals surface area (Å²) in [7, 11) is 0. The molecule has 1 aliphatic heterocycles. The molecular weight excluding hydrogens is 114 g/mol. The fraction of sp³-hybridized carbons (Fsp3) is 0.667. The summed E-state index contributed by atoms with van der Waals surface area (Å²) in [4.78, 5) is 4.21. The maximum atomic E-state index is 4.21. The van der Waals surface area contributed by atoms with E-state index < -0.39 is 0 Å². The number of hydrogen-bond donors (Lipinski definition) is 1. The van der Waals surface area contributed by atoms with E-state index in [2.05, 4.69) is 15.5 Å². The van der Waals surface area contributed by atoms with Gasteiger partial charge in [-0.05, 0) is 12.8 Å². The number of nitrogens with zero attached hydrogens (tertiary/aromatic N) is 2. The Kier molecular flexibility index (Phi) is 0.860. The number of hydrazone groups is 1. The predicted molar refractivity (Wildman–Crippen MR) is 36.1 cm³/mol. The topological polar surface area (TPSA) is 38.5 Å². The third-order valence-electron chi connectivity index (χ3n) is 1.56. The first kappa shape index (κ1) is 4.97. The summed E-state index contributed by atoms with van der Waals surface area (Å²) in [5, 5.41) is 4.04. The molecule has 1 N–H and O–H groups in total. The lowest BCUT2D eigenvalue weighted by Crippen LogP contribution is -2.11. The molecule has 47 valence electrons. The summed E-state index contributed by atoms with van der Waals surface area (Å²) in [6.07, 6.45) is 2.55. The Bertz CT molecular complexity index is 188. The molecule has 2 aliphatic rings. The summed E-state index contributed by atoms with van der Waals surface area (Å²) in [6.45, 7) is 1.93. The summed E-state index contributed by atoms with van der Waals surface area (Å²) in [5.74, 6) is 2.61. The Morgan fingerprint density at radius 2 is 2.44 bits per heavy atom. The lowest BCUT2D eigenvalue weighted by Gasteiger charge is -1.72. The van der Waals surface area contributed by atoms with E-state index in [1.807, 2.05) is 6.92 Å². The normalized spacial score (nSPS) is 25.0. The van der Waals surface area contributed by atoms with Crippen LogP contribution in [-0.4, -0.2) is 11.7 Å². The number of nitrogens with one attached hydrogen (secondary N) is 1. The van der Waals surface area contributed by atoms with E-state index in [9.17, 15) is 0 Å². The minimum absolute atomic E-state index is 0.676. The van der Waals surface area contributed by atoms with Crippen molar-refractivity contribution in [2.45, 2.75) is 19.8 Å². The Balaban J connectivity index is 2.12. The second kappa shape index (κ2) is 1.56. The molecule has 0 spiro atoms. The van der Waals surface area contributed by atoms with Gasteiger partial charge in [-0.25, -0.2) is 0 Å². The van der Waals surface area contributed by atoms with Crippen LogP contribution in [0.5, 0.6) is 0 Å². The van der Waals surface area contributed by atoms with Crippen molar-refractivity contribution >= 4 is 11.7 Å². The Morgan fingerprint density at radius 1 is 1.67 bits per heavy atom. The molecule has 0 aromatic carbocycles. The zero-order valence-corrected chi connectivity index (χ0v) is 5.39. The van der Waals surface area contributed by atoms with Crippen LogP contribution in [0.25, 0.3) is 0 Å². The molecule has 0 unspecified atom stereocenters. The zero-order chi connectivity index (χ0) is 6.27. The Morgan fingerprint density at radius 3 is 2.89 bits per heavy atom. The van der Waals surface area contributed by atoms with Crippen LogP contribution in [-0.2, 0) is 0 Å². The lowest BCUT2D eigenvalue weighted by molar-refractivity contribution is 1.03. The van der Waals surface area contributed by atoms with Crippen LogP contribution in [0.15, 0.2) is 5.10 Å². The van der Waals surface area contributed by atoms with Crippen molar-refractivity contribution in [3.05, 3.63) is 0 Å². The van der Waals surface area contributed by atoms with E-state index in [4.69, 9.17) is 0 Å². The molecule has 0 aromatic rings. The second-order valence-electron chi connectivity index (χ2n) is 2.55. The van der Waals surface area contributed by atoms with E-state index in [1.54, 1.807) is 0 Å². The maximum absolute atomic E-state index is 4.21. The van der Waals surface area contributed by atoms with E-state index in [-0.39, 0.29) is 0 Å². The van der Waals surface area contributed by atoms with Crippen molar-refractivity contribution in [1.82, 2.24) is 10.4 Å². The van der Waals surface area contributed by atoms with Crippen LogP contribution in [0.1, 0.15) is 19.8 Å². The highest BCUT2D eigenvalue weighted by atomic mass is 15.4. The van der Waals surface area contributed by atoms with Gasteiger partial charge in [0.2, 0.25) is 0 Å². The minimum atomic E-state index is 0.676. The molecule has 3 heteroatoms. The molecule has 1 radical (unpaired) electrons. The van der Waals surface area contributed by atoms with Gasteiger partial charge in [-0.2, -0.15) is 0 Å². The van der Waals surface area contributed by atoms with Crippen molar-refractivity contribution in [3.63, 3.8) is 0 Å². The van der Waals surface area contributed by atoms with Gasteiger partial charge in [0.25, 0.3) is 5.84 Å². The van der Waals surface area contributed by atoms with Crippen LogP contribution in [0.4, 0.5) is 0 Å². The summed E-state index contributed by atoms with van der Waals surface area (Å²) < 4.78 is 0. The number of hydrogen-bond acceptors (Lipinski definition) is 3. The van der Waals surface area contributed by atoms with Crippen LogP contribution < -0.4 is 10.4 Å². The first-order valence-corrected chi connectivity index (χ1v) is 3.25. The fourth-order valence-corrected chi connectivity index (χ4v) is 0.884. The first-order chi connectivity index (χ1) is 4.36. The third-order valence-corrected chi connectivity index (χ3v) is 1.56. The fourth-order valence-electron chi connectivity index (χ4n) is 0.884. The third kappa shape index (κ3) is 0.823. The molecule has 9 heavy (non-hydrogen) atoms. The molecular formula is C6H9N3+. The van der Waals surface area contributed by atoms with Gasteiger partial charge in [0.1, 0.15) is 0 Å². The molecule has 0 atom stereocenters. The first-order valence-electron chi connectivity index (χ1n) is 3.25. The smallest absolute Gasteiger partial charge is 0.122 e. The molecule has 1 fully saturated rings. The van der Waals surface area contributed by atoms with Crippen LogP contribution in [0.3, 0.4) is 0 Å². The van der Waals surface area contributed by atoms with Gasteiger partial charge in [-0.15, -0.1) is 5.43 Å². The molecule has 0 amide bonds. The number of rotatable bonds is 1. The Labute approximate surface area is 53.9 Å². The molecule has 0 bridgehead atoms. The summed E-state index contributed by atoms with van der Waals surface area (Å²) in [6, 6.07) is 0. The van der Waals surface area contributed by atoms with Crippen molar-refractivity contribution < 1.29 is 0 Å². The quantitative estimate of drug-likeness (QED) is 0.526. The highest BCUT2D eigenvalue weighted by Gasteiger charge is 2.36. The van der Waals surface area contributed by atoms with Gasteiger partial charge in [-0.3, -0.25) is 0 Å². The van der Waals surface area contributed by atoms with E-state index in [0.717, 1.165) is 11.7 Å². The van der Waals surface area contributed by atoms with Crippen LogP contribution in [0.2, 0.25) is 0 Å². The molecule has 1 heterocycles. The molecule has 1 saturated carbocycles. The minimum Gasteiger partial charge on any atom is -0.122 e. The molecule has 1 aliphatic carbocycles. The van der Waals surface area contributed by atoms with Crippen LogP contribution >= 0.6 is 0 Å². The van der Waals surface area contributed by atoms with Gasteiger partial charge in [-0.1, -0.05) is 4.99 Å². The number of amidine groups is 2. The van der Waals surface area contributed by atoms with Gasteiger partial charge >= 0.3 is 5.84 Å². The highest BCUT2D eigenvalue weighted by Crippen LogP contribution is 2.29. The van der Waals surface area contributed by atoms with E-state index in [0.29, 0.717) is 5.92 Å². The maximum Gasteiger partial charge on any atom is 0.314 e. The highest BCUT2D eigenvalue weighted by molar-refractivity contribution is 5.99. The number of aliphatic imine (C=N–C) groups is 1. The average Bonchev–Trinajstić information content (AvgIpc) is 2.58. The molecule has 0 aromatic heterocycles. The standard InChI is InChI=1S/C6H9N3/c1-4-7-6(9-8-4)5-2-3-5/h5H,2-3H2,1H3,(H,8,9)/q+1. The van der Waals surface area contributed by atoms with Crippen molar-refractivity contribution in [1.29, 1.82) is 0 Å². The predicted octanol–water partition coefficient (Wildman–Crippen LogP) is 0.0673. The monoisotopic (exact) mass is 123 g/mol. The van der Waals surface area contributed by atoms with Gasteiger partial charge in [0, 0.05) is 12.0 Å². The van der Waals surface area contributed by atoms with Crippen molar-refractivity contribution in [2.75, 3.05) is 0 Å². The summed E-state index contributed by atoms with van der Waals surface area (Å²) in [5.41, 5.74) is 2.83. The van der Waals surface area contributed by atoms with Crippen LogP contribution in [0, 0.1) is 5.92 Å². The van der Waals surface area contributed by atoms with Crippen molar-refractivity contribution in [3.8, 4) is 0 Å². The van der Waals surface area contributed by atoms with E-state index in [1.165, 1.54) is 12.8 Å². The van der Waals surface area contributed by atoms with Gasteiger partial charge in [0.05, 0.1) is 5.92 Å². The van der Waals surface area contributed by atoms with Gasteiger partial charge in [0.15, 0.2) is 0 Å². The zero-order valence-electron chi connectivity index (χ0n) is 5.39. The SMILES string of the molecule is CC1=[N+]C(C2CC2)=NN1. The molecule has 0 saturated heterocycles. The second-order valence-corrected chi connectivity index (χ2v) is 2.55. The average molecular weight is 123 g/mol. The molecule has 2 rings (SSSR count). The lowest BCUT2D eigenvalue weighted by atomic mass is 10.4. The van der Waals surface area contributed by atoms with E-state index >= 15 is 0 Å². The summed E-state index contributed by atoms with van der Waals surface area (Å²) >= 11 is 0.